The zero-order valence-corrected chi connectivity index (χ0v) is 9.67. The topological polar surface area (TPSA) is 75.4 Å². The molecule has 1 aliphatic rings. The molecule has 1 N–H and O–H groups in total. The lowest BCUT2D eigenvalue weighted by Crippen LogP contribution is -2.37. The number of hydrogen-bond acceptors (Lipinski definition) is 3. The van der Waals surface area contributed by atoms with Crippen LogP contribution in [0.4, 0.5) is 0 Å². The first kappa shape index (κ1) is 11.6. The normalized spacial score (nSPS) is 14.6. The SMILES string of the molecule is Cn1ccc(C(=O)N(CC(=O)O)CC2CC2)n1. The van der Waals surface area contributed by atoms with Crippen LogP contribution in [0.2, 0.25) is 0 Å². The molecule has 1 aliphatic carbocycles. The minimum absolute atomic E-state index is 0.258. The van der Waals surface area contributed by atoms with Crippen LogP contribution < -0.4 is 0 Å². The van der Waals surface area contributed by atoms with Crippen LogP contribution in [0.25, 0.3) is 0 Å². The molecule has 1 heterocycles. The monoisotopic (exact) mass is 237 g/mol. The number of amides is 1. The van der Waals surface area contributed by atoms with Crippen molar-refractivity contribution in [1.82, 2.24) is 14.7 Å². The Hall–Kier alpha value is -1.85. The van der Waals surface area contributed by atoms with E-state index in [2.05, 4.69) is 5.10 Å². The van der Waals surface area contributed by atoms with Crippen molar-refractivity contribution in [2.45, 2.75) is 12.8 Å². The van der Waals surface area contributed by atoms with E-state index in [0.717, 1.165) is 12.8 Å². The number of aromatic nitrogens is 2. The molecular weight excluding hydrogens is 222 g/mol. The molecule has 0 atom stereocenters. The zero-order chi connectivity index (χ0) is 12.4. The summed E-state index contributed by atoms with van der Waals surface area (Å²) in [5.74, 6) is -0.836. The molecule has 1 aromatic heterocycles. The highest BCUT2D eigenvalue weighted by Crippen LogP contribution is 2.30. The number of aliphatic carboxylic acids is 1. The summed E-state index contributed by atoms with van der Waals surface area (Å²) < 4.78 is 1.53. The van der Waals surface area contributed by atoms with Gasteiger partial charge in [-0.3, -0.25) is 14.3 Å². The van der Waals surface area contributed by atoms with Gasteiger partial charge in [-0.15, -0.1) is 0 Å². The molecule has 6 heteroatoms. The Labute approximate surface area is 98.8 Å². The van der Waals surface area contributed by atoms with E-state index in [4.69, 9.17) is 5.11 Å². The Balaban J connectivity index is 2.07. The summed E-state index contributed by atoms with van der Waals surface area (Å²) >= 11 is 0. The maximum Gasteiger partial charge on any atom is 0.323 e. The Morgan fingerprint density at radius 1 is 1.59 bits per heavy atom. The third-order valence-electron chi connectivity index (χ3n) is 2.72. The van der Waals surface area contributed by atoms with Gasteiger partial charge in [-0.05, 0) is 24.8 Å². The van der Waals surface area contributed by atoms with E-state index in [9.17, 15) is 9.59 Å². The molecule has 0 saturated heterocycles. The Morgan fingerprint density at radius 2 is 2.29 bits per heavy atom. The molecule has 17 heavy (non-hydrogen) atoms. The molecule has 1 saturated carbocycles. The van der Waals surface area contributed by atoms with Crippen LogP contribution in [-0.2, 0) is 11.8 Å². The first-order valence-electron chi connectivity index (χ1n) is 5.57. The standard InChI is InChI=1S/C11H15N3O3/c1-13-5-4-9(12-13)11(17)14(7-10(15)16)6-8-2-3-8/h4-5,8H,2-3,6-7H2,1H3,(H,15,16). The summed E-state index contributed by atoms with van der Waals surface area (Å²) in [4.78, 5) is 24.1. The van der Waals surface area contributed by atoms with Gasteiger partial charge in [-0.2, -0.15) is 5.10 Å². The molecule has 0 aliphatic heterocycles. The summed E-state index contributed by atoms with van der Waals surface area (Å²) in [5, 5.41) is 12.8. The molecule has 92 valence electrons. The van der Waals surface area contributed by atoms with Crippen molar-refractivity contribution in [3.63, 3.8) is 0 Å². The maximum absolute atomic E-state index is 12.0. The van der Waals surface area contributed by atoms with E-state index in [0.29, 0.717) is 18.2 Å². The van der Waals surface area contributed by atoms with Gasteiger partial charge in [0.05, 0.1) is 0 Å². The number of hydrogen-bond donors (Lipinski definition) is 1. The molecule has 0 bridgehead atoms. The maximum atomic E-state index is 12.0. The quantitative estimate of drug-likeness (QED) is 0.802. The lowest BCUT2D eigenvalue weighted by atomic mass is 10.3. The van der Waals surface area contributed by atoms with E-state index >= 15 is 0 Å². The summed E-state index contributed by atoms with van der Waals surface area (Å²) in [7, 11) is 1.72. The molecule has 0 aromatic carbocycles. The second-order valence-electron chi connectivity index (χ2n) is 4.40. The van der Waals surface area contributed by atoms with E-state index in [1.54, 1.807) is 19.3 Å². The van der Waals surface area contributed by atoms with Crippen molar-refractivity contribution < 1.29 is 14.7 Å². The third kappa shape index (κ3) is 3.05. The summed E-state index contributed by atoms with van der Waals surface area (Å²) in [6, 6.07) is 1.60. The van der Waals surface area contributed by atoms with Gasteiger partial charge in [0.15, 0.2) is 0 Å². The van der Waals surface area contributed by atoms with Crippen molar-refractivity contribution in [3.8, 4) is 0 Å². The van der Waals surface area contributed by atoms with Crippen molar-refractivity contribution in [2.75, 3.05) is 13.1 Å². The number of carboxylic acids is 1. The Morgan fingerprint density at radius 3 is 2.76 bits per heavy atom. The van der Waals surface area contributed by atoms with E-state index in [-0.39, 0.29) is 12.5 Å². The first-order chi connectivity index (χ1) is 8.06. The number of rotatable bonds is 5. The molecule has 0 unspecified atom stereocenters. The molecule has 0 radical (unpaired) electrons. The Kier molecular flexibility index (Phi) is 3.12. The van der Waals surface area contributed by atoms with Crippen molar-refractivity contribution in [2.24, 2.45) is 13.0 Å². The van der Waals surface area contributed by atoms with E-state index in [1.165, 1.54) is 9.58 Å². The fourth-order valence-electron chi connectivity index (χ4n) is 1.69. The van der Waals surface area contributed by atoms with E-state index < -0.39 is 5.97 Å². The van der Waals surface area contributed by atoms with Crippen LogP contribution >= 0.6 is 0 Å². The van der Waals surface area contributed by atoms with Gasteiger partial charge in [-0.25, -0.2) is 0 Å². The average molecular weight is 237 g/mol. The minimum Gasteiger partial charge on any atom is -0.480 e. The molecule has 6 nitrogen and oxygen atoms in total. The first-order valence-corrected chi connectivity index (χ1v) is 5.57. The average Bonchev–Trinajstić information content (AvgIpc) is 2.96. The molecular formula is C11H15N3O3. The predicted octanol–water partition coefficient (Wildman–Crippen LogP) is 0.357. The van der Waals surface area contributed by atoms with Crippen LogP contribution in [-0.4, -0.2) is 44.8 Å². The minimum atomic E-state index is -0.991. The fourth-order valence-corrected chi connectivity index (χ4v) is 1.69. The van der Waals surface area contributed by atoms with Crippen LogP contribution in [0.15, 0.2) is 12.3 Å². The molecule has 1 aromatic rings. The summed E-state index contributed by atoms with van der Waals surface area (Å²) in [5.41, 5.74) is 0.300. The number of carbonyl (C=O) groups is 2. The summed E-state index contributed by atoms with van der Waals surface area (Å²) in [6.45, 7) is 0.258. The van der Waals surface area contributed by atoms with Gasteiger partial charge in [0.1, 0.15) is 12.2 Å². The smallest absolute Gasteiger partial charge is 0.323 e. The number of nitrogens with zero attached hydrogens (tertiary/aromatic N) is 3. The van der Waals surface area contributed by atoms with E-state index in [1.807, 2.05) is 0 Å². The third-order valence-corrected chi connectivity index (χ3v) is 2.72. The fraction of sp³-hybridized carbons (Fsp3) is 0.545. The zero-order valence-electron chi connectivity index (χ0n) is 9.67. The van der Waals surface area contributed by atoms with Gasteiger partial charge in [0.25, 0.3) is 5.91 Å². The molecule has 0 spiro atoms. The van der Waals surface area contributed by atoms with Gasteiger partial charge in [0.2, 0.25) is 0 Å². The van der Waals surface area contributed by atoms with Crippen LogP contribution in [0.1, 0.15) is 23.3 Å². The molecule has 2 rings (SSSR count). The highest BCUT2D eigenvalue weighted by Gasteiger charge is 2.29. The van der Waals surface area contributed by atoms with Gasteiger partial charge in [-0.1, -0.05) is 0 Å². The number of aryl methyl sites for hydroxylation is 1. The highest BCUT2D eigenvalue weighted by atomic mass is 16.4. The number of carboxylic acid groups (broad SMARTS) is 1. The highest BCUT2D eigenvalue weighted by molar-refractivity contribution is 5.94. The molecule has 1 fully saturated rings. The number of carbonyl (C=O) groups excluding carboxylic acids is 1. The lowest BCUT2D eigenvalue weighted by Gasteiger charge is -2.19. The molecule has 1 amide bonds. The Bertz CT molecular complexity index is 437. The second kappa shape index (κ2) is 4.57. The lowest BCUT2D eigenvalue weighted by molar-refractivity contribution is -0.137. The van der Waals surface area contributed by atoms with Gasteiger partial charge < -0.3 is 10.0 Å². The summed E-state index contributed by atoms with van der Waals surface area (Å²) in [6.07, 6.45) is 3.82. The largest absolute Gasteiger partial charge is 0.480 e. The predicted molar refractivity (Wildman–Crippen MR) is 59.5 cm³/mol. The van der Waals surface area contributed by atoms with Crippen LogP contribution in [0, 0.1) is 5.92 Å². The van der Waals surface area contributed by atoms with Crippen LogP contribution in [0.5, 0.6) is 0 Å². The van der Waals surface area contributed by atoms with Crippen molar-refractivity contribution in [3.05, 3.63) is 18.0 Å². The second-order valence-corrected chi connectivity index (χ2v) is 4.40. The van der Waals surface area contributed by atoms with Crippen LogP contribution in [0.3, 0.4) is 0 Å². The van der Waals surface area contributed by atoms with Crippen molar-refractivity contribution >= 4 is 11.9 Å². The van der Waals surface area contributed by atoms with Gasteiger partial charge in [0, 0.05) is 19.8 Å². The van der Waals surface area contributed by atoms with Gasteiger partial charge >= 0.3 is 5.97 Å². The van der Waals surface area contributed by atoms with Crippen molar-refractivity contribution in [1.29, 1.82) is 0 Å².